The number of hydrogen-bond acceptors (Lipinski definition) is 2. The van der Waals surface area contributed by atoms with E-state index in [-0.39, 0.29) is 0 Å². The fourth-order valence-corrected chi connectivity index (χ4v) is 2.93. The van der Waals surface area contributed by atoms with Gasteiger partial charge in [-0.05, 0) is 30.6 Å². The molecule has 0 bridgehead atoms. The smallest absolute Gasteiger partial charge is 0.0158 e. The van der Waals surface area contributed by atoms with Gasteiger partial charge in [0.15, 0.2) is 0 Å². The second-order valence-corrected chi connectivity index (χ2v) is 6.59. The van der Waals surface area contributed by atoms with Crippen LogP contribution in [0, 0.1) is 11.8 Å². The van der Waals surface area contributed by atoms with Crippen LogP contribution in [0.5, 0.6) is 0 Å². The van der Waals surface area contributed by atoms with Gasteiger partial charge in [-0.15, -0.1) is 0 Å². The van der Waals surface area contributed by atoms with Crippen molar-refractivity contribution in [1.29, 1.82) is 0 Å². The van der Waals surface area contributed by atoms with Gasteiger partial charge in [-0.3, -0.25) is 0 Å². The second-order valence-electron chi connectivity index (χ2n) is 5.51. The summed E-state index contributed by atoms with van der Waals surface area (Å²) in [5.41, 5.74) is 0. The monoisotopic (exact) mass is 245 g/mol. The Morgan fingerprint density at radius 2 is 1.62 bits per heavy atom. The van der Waals surface area contributed by atoms with Crippen molar-refractivity contribution < 1.29 is 0 Å². The minimum atomic E-state index is 0.729. The summed E-state index contributed by atoms with van der Waals surface area (Å²) in [5, 5.41) is 3.61. The summed E-state index contributed by atoms with van der Waals surface area (Å²) < 4.78 is 0. The molecule has 0 saturated carbocycles. The minimum absolute atomic E-state index is 0.729. The Bertz CT molecular complexity index is 132. The maximum absolute atomic E-state index is 3.61. The highest BCUT2D eigenvalue weighted by molar-refractivity contribution is 7.99. The Kier molecular flexibility index (Phi) is 10.7. The van der Waals surface area contributed by atoms with Gasteiger partial charge in [0.05, 0.1) is 0 Å². The van der Waals surface area contributed by atoms with Crippen molar-refractivity contribution in [3.63, 3.8) is 0 Å². The fraction of sp³-hybridized carbons (Fsp3) is 1.00. The van der Waals surface area contributed by atoms with Gasteiger partial charge < -0.3 is 5.32 Å². The predicted molar refractivity (Wildman–Crippen MR) is 78.3 cm³/mol. The van der Waals surface area contributed by atoms with Gasteiger partial charge in [0, 0.05) is 11.8 Å². The van der Waals surface area contributed by atoms with Crippen LogP contribution in [-0.2, 0) is 0 Å². The standard InChI is InChI=1S/C14H31NS/c1-6-15-14(9-7-8-12(2)3)11-16-10-13(4)5/h12-15H,6-11H2,1-5H3. The van der Waals surface area contributed by atoms with E-state index in [0.29, 0.717) is 0 Å². The summed E-state index contributed by atoms with van der Waals surface area (Å²) in [5.74, 6) is 4.25. The van der Waals surface area contributed by atoms with Crippen LogP contribution in [0.1, 0.15) is 53.9 Å². The van der Waals surface area contributed by atoms with Gasteiger partial charge in [-0.25, -0.2) is 0 Å². The molecule has 2 heteroatoms. The van der Waals surface area contributed by atoms with Crippen molar-refractivity contribution in [2.24, 2.45) is 11.8 Å². The lowest BCUT2D eigenvalue weighted by Crippen LogP contribution is -2.31. The molecule has 16 heavy (non-hydrogen) atoms. The lowest BCUT2D eigenvalue weighted by atomic mass is 10.0. The highest BCUT2D eigenvalue weighted by Crippen LogP contribution is 2.14. The van der Waals surface area contributed by atoms with E-state index in [1.54, 1.807) is 0 Å². The Morgan fingerprint density at radius 1 is 0.938 bits per heavy atom. The molecule has 0 aliphatic carbocycles. The molecule has 0 spiro atoms. The van der Waals surface area contributed by atoms with Crippen LogP contribution < -0.4 is 5.32 Å². The van der Waals surface area contributed by atoms with Crippen LogP contribution in [0.25, 0.3) is 0 Å². The molecule has 0 aliphatic rings. The van der Waals surface area contributed by atoms with E-state index in [0.717, 1.165) is 24.4 Å². The van der Waals surface area contributed by atoms with Crippen LogP contribution in [0.3, 0.4) is 0 Å². The van der Waals surface area contributed by atoms with Crippen molar-refractivity contribution in [3.05, 3.63) is 0 Å². The molecule has 0 aliphatic heterocycles. The zero-order chi connectivity index (χ0) is 12.4. The third-order valence-corrected chi connectivity index (χ3v) is 4.14. The third-order valence-electron chi connectivity index (χ3n) is 2.60. The van der Waals surface area contributed by atoms with E-state index < -0.39 is 0 Å². The Hall–Kier alpha value is 0.310. The number of hydrogen-bond donors (Lipinski definition) is 1. The molecule has 0 fully saturated rings. The molecule has 1 nitrogen and oxygen atoms in total. The van der Waals surface area contributed by atoms with Crippen LogP contribution >= 0.6 is 11.8 Å². The third kappa shape index (κ3) is 10.8. The van der Waals surface area contributed by atoms with Crippen molar-refractivity contribution >= 4 is 11.8 Å². The highest BCUT2D eigenvalue weighted by atomic mass is 32.2. The van der Waals surface area contributed by atoms with E-state index in [1.807, 2.05) is 0 Å². The molecule has 98 valence electrons. The molecular weight excluding hydrogens is 214 g/mol. The van der Waals surface area contributed by atoms with E-state index in [1.165, 1.54) is 30.8 Å². The zero-order valence-corrected chi connectivity index (χ0v) is 12.7. The first kappa shape index (κ1) is 16.3. The highest BCUT2D eigenvalue weighted by Gasteiger charge is 2.08. The van der Waals surface area contributed by atoms with Crippen LogP contribution in [0.15, 0.2) is 0 Å². The number of thioether (sulfide) groups is 1. The van der Waals surface area contributed by atoms with Crippen LogP contribution in [-0.4, -0.2) is 24.1 Å². The molecule has 0 aromatic heterocycles. The van der Waals surface area contributed by atoms with Gasteiger partial charge >= 0.3 is 0 Å². The molecule has 1 unspecified atom stereocenters. The van der Waals surface area contributed by atoms with Crippen molar-refractivity contribution in [1.82, 2.24) is 5.32 Å². The predicted octanol–water partition coefficient (Wildman–Crippen LogP) is 4.18. The first-order valence-corrected chi connectivity index (χ1v) is 8.02. The number of rotatable bonds is 10. The van der Waals surface area contributed by atoms with E-state index in [4.69, 9.17) is 0 Å². The fourth-order valence-electron chi connectivity index (χ4n) is 1.75. The Morgan fingerprint density at radius 3 is 2.12 bits per heavy atom. The molecular formula is C14H31NS. The molecule has 1 N–H and O–H groups in total. The molecule has 0 amide bonds. The summed E-state index contributed by atoms with van der Waals surface area (Å²) in [4.78, 5) is 0. The molecule has 0 heterocycles. The maximum Gasteiger partial charge on any atom is 0.0158 e. The lowest BCUT2D eigenvalue weighted by molar-refractivity contribution is 0.469. The van der Waals surface area contributed by atoms with E-state index in [9.17, 15) is 0 Å². The summed E-state index contributed by atoms with van der Waals surface area (Å²) >= 11 is 2.11. The summed E-state index contributed by atoms with van der Waals surface area (Å²) in [7, 11) is 0. The van der Waals surface area contributed by atoms with Crippen LogP contribution in [0.4, 0.5) is 0 Å². The molecule has 0 aromatic carbocycles. The lowest BCUT2D eigenvalue weighted by Gasteiger charge is -2.18. The zero-order valence-electron chi connectivity index (χ0n) is 11.9. The normalized spacial score (nSPS) is 13.7. The molecule has 0 aromatic rings. The topological polar surface area (TPSA) is 12.0 Å². The van der Waals surface area contributed by atoms with Gasteiger partial charge in [0.2, 0.25) is 0 Å². The molecule has 0 saturated heterocycles. The van der Waals surface area contributed by atoms with Crippen LogP contribution in [0.2, 0.25) is 0 Å². The molecule has 0 radical (unpaired) electrons. The van der Waals surface area contributed by atoms with E-state index in [2.05, 4.69) is 51.7 Å². The minimum Gasteiger partial charge on any atom is -0.313 e. The summed E-state index contributed by atoms with van der Waals surface area (Å²) in [6.45, 7) is 12.5. The first-order valence-electron chi connectivity index (χ1n) is 6.87. The number of nitrogens with one attached hydrogen (secondary N) is 1. The quantitative estimate of drug-likeness (QED) is 0.619. The Balaban J connectivity index is 3.61. The maximum atomic E-state index is 3.61. The van der Waals surface area contributed by atoms with Crippen molar-refractivity contribution in [2.45, 2.75) is 59.9 Å². The van der Waals surface area contributed by atoms with Crippen molar-refractivity contribution in [2.75, 3.05) is 18.1 Å². The first-order chi connectivity index (χ1) is 7.56. The average molecular weight is 245 g/mol. The second kappa shape index (κ2) is 10.5. The summed E-state index contributed by atoms with van der Waals surface area (Å²) in [6, 6.07) is 0.729. The van der Waals surface area contributed by atoms with Gasteiger partial charge in [0.25, 0.3) is 0 Å². The van der Waals surface area contributed by atoms with Gasteiger partial charge in [-0.2, -0.15) is 11.8 Å². The largest absolute Gasteiger partial charge is 0.313 e. The SMILES string of the molecule is CCNC(CCCC(C)C)CSCC(C)C. The molecule has 0 rings (SSSR count). The molecule has 1 atom stereocenters. The van der Waals surface area contributed by atoms with E-state index >= 15 is 0 Å². The van der Waals surface area contributed by atoms with Gasteiger partial charge in [-0.1, -0.05) is 47.5 Å². The average Bonchev–Trinajstić information content (AvgIpc) is 2.16. The Labute approximate surface area is 107 Å². The van der Waals surface area contributed by atoms with Crippen molar-refractivity contribution in [3.8, 4) is 0 Å². The van der Waals surface area contributed by atoms with Gasteiger partial charge in [0.1, 0.15) is 0 Å². The summed E-state index contributed by atoms with van der Waals surface area (Å²) in [6.07, 6.45) is 4.09.